The number of nitrogen functional groups attached to an aromatic ring is 1. The highest BCUT2D eigenvalue weighted by Crippen LogP contribution is 2.26. The number of hydrogen-bond acceptors (Lipinski definition) is 5. The van der Waals surface area contributed by atoms with E-state index in [-0.39, 0.29) is 17.6 Å². The van der Waals surface area contributed by atoms with E-state index >= 15 is 0 Å². The van der Waals surface area contributed by atoms with E-state index in [1.165, 1.54) is 6.07 Å². The second-order valence-corrected chi connectivity index (χ2v) is 4.99. The zero-order valence-electron chi connectivity index (χ0n) is 11.4. The Labute approximate surface area is 121 Å². The maximum atomic E-state index is 11.1. The molecule has 0 saturated carbocycles. The number of anilines is 1. The summed E-state index contributed by atoms with van der Waals surface area (Å²) in [5.41, 5.74) is 7.01. The lowest BCUT2D eigenvalue weighted by Gasteiger charge is -2.22. The van der Waals surface area contributed by atoms with Crippen molar-refractivity contribution < 1.29 is 14.6 Å². The number of carboxylic acid groups (broad SMARTS) is 1. The highest BCUT2D eigenvalue weighted by Gasteiger charge is 2.17. The minimum atomic E-state index is -1.09. The van der Waals surface area contributed by atoms with Gasteiger partial charge in [0, 0.05) is 30.1 Å². The highest BCUT2D eigenvalue weighted by molar-refractivity contribution is 5.94. The molecule has 0 spiro atoms. The van der Waals surface area contributed by atoms with Crippen molar-refractivity contribution in [2.24, 2.45) is 0 Å². The maximum Gasteiger partial charge on any atom is 0.339 e. The van der Waals surface area contributed by atoms with Crippen LogP contribution in [0.5, 0.6) is 0 Å². The standard InChI is InChI=1S/C14H16N4O3/c15-13-11(14(19)20)5-9(6-16-13)10-7-17-18(8-10)12-3-1-2-4-21-12/h5-8,12H,1-4H2,(H2,15,16)(H,19,20). The summed E-state index contributed by atoms with van der Waals surface area (Å²) >= 11 is 0. The first-order valence-corrected chi connectivity index (χ1v) is 6.80. The molecule has 1 unspecified atom stereocenters. The smallest absolute Gasteiger partial charge is 0.339 e. The van der Waals surface area contributed by atoms with E-state index in [4.69, 9.17) is 15.6 Å². The second-order valence-electron chi connectivity index (χ2n) is 4.99. The van der Waals surface area contributed by atoms with Gasteiger partial charge in [0.25, 0.3) is 0 Å². The van der Waals surface area contributed by atoms with Crippen LogP contribution in [-0.4, -0.2) is 32.4 Å². The fourth-order valence-electron chi connectivity index (χ4n) is 2.38. The second kappa shape index (κ2) is 5.53. The number of nitrogens with zero attached hydrogens (tertiary/aromatic N) is 3. The van der Waals surface area contributed by atoms with E-state index < -0.39 is 5.97 Å². The summed E-state index contributed by atoms with van der Waals surface area (Å²) in [7, 11) is 0. The average molecular weight is 288 g/mol. The van der Waals surface area contributed by atoms with Crippen LogP contribution >= 0.6 is 0 Å². The van der Waals surface area contributed by atoms with Crippen molar-refractivity contribution in [1.82, 2.24) is 14.8 Å². The van der Waals surface area contributed by atoms with Crippen LogP contribution in [-0.2, 0) is 4.74 Å². The Balaban J connectivity index is 1.89. The molecule has 0 amide bonds. The van der Waals surface area contributed by atoms with Crippen LogP contribution in [0.15, 0.2) is 24.7 Å². The molecule has 110 valence electrons. The SMILES string of the molecule is Nc1ncc(-c2cnn(C3CCCCO3)c2)cc1C(=O)O. The fraction of sp³-hybridized carbons (Fsp3) is 0.357. The first-order valence-electron chi connectivity index (χ1n) is 6.80. The highest BCUT2D eigenvalue weighted by atomic mass is 16.5. The van der Waals surface area contributed by atoms with Crippen LogP contribution in [0.3, 0.4) is 0 Å². The van der Waals surface area contributed by atoms with Gasteiger partial charge < -0.3 is 15.6 Å². The minimum Gasteiger partial charge on any atom is -0.478 e. The monoisotopic (exact) mass is 288 g/mol. The van der Waals surface area contributed by atoms with Gasteiger partial charge in [-0.15, -0.1) is 0 Å². The van der Waals surface area contributed by atoms with Gasteiger partial charge >= 0.3 is 5.97 Å². The summed E-state index contributed by atoms with van der Waals surface area (Å²) in [4.78, 5) is 15.0. The van der Waals surface area contributed by atoms with Crippen molar-refractivity contribution in [3.05, 3.63) is 30.2 Å². The van der Waals surface area contributed by atoms with E-state index in [1.807, 2.05) is 6.20 Å². The van der Waals surface area contributed by atoms with Gasteiger partial charge in [-0.1, -0.05) is 0 Å². The van der Waals surface area contributed by atoms with Gasteiger partial charge in [0.15, 0.2) is 0 Å². The van der Waals surface area contributed by atoms with Crippen molar-refractivity contribution >= 4 is 11.8 Å². The molecule has 1 saturated heterocycles. The van der Waals surface area contributed by atoms with Crippen LogP contribution in [0.1, 0.15) is 35.8 Å². The number of pyridine rings is 1. The largest absolute Gasteiger partial charge is 0.478 e. The number of nitrogens with two attached hydrogens (primary N) is 1. The summed E-state index contributed by atoms with van der Waals surface area (Å²) in [6, 6.07) is 1.51. The Hall–Kier alpha value is -2.41. The number of carboxylic acids is 1. The molecule has 0 radical (unpaired) electrons. The number of aromatic nitrogens is 3. The third-order valence-electron chi connectivity index (χ3n) is 3.53. The Morgan fingerprint density at radius 3 is 2.95 bits per heavy atom. The summed E-state index contributed by atoms with van der Waals surface area (Å²) in [6.07, 6.45) is 8.15. The van der Waals surface area contributed by atoms with Gasteiger partial charge in [0.2, 0.25) is 0 Å². The Kier molecular flexibility index (Phi) is 3.57. The third-order valence-corrected chi connectivity index (χ3v) is 3.53. The van der Waals surface area contributed by atoms with Crippen molar-refractivity contribution in [1.29, 1.82) is 0 Å². The van der Waals surface area contributed by atoms with Crippen molar-refractivity contribution in [3.63, 3.8) is 0 Å². The van der Waals surface area contributed by atoms with E-state index in [0.29, 0.717) is 5.56 Å². The molecule has 1 aliphatic heterocycles. The average Bonchev–Trinajstić information content (AvgIpc) is 2.98. The summed E-state index contributed by atoms with van der Waals surface area (Å²) in [5.74, 6) is -1.08. The first kappa shape index (κ1) is 13.6. The molecule has 0 aliphatic carbocycles. The molecule has 1 aliphatic rings. The summed E-state index contributed by atoms with van der Waals surface area (Å²) in [6.45, 7) is 0.743. The molecule has 0 aromatic carbocycles. The van der Waals surface area contributed by atoms with Gasteiger partial charge in [-0.3, -0.25) is 0 Å². The number of rotatable bonds is 3. The van der Waals surface area contributed by atoms with Crippen molar-refractivity contribution in [2.45, 2.75) is 25.5 Å². The molecule has 3 heterocycles. The van der Waals surface area contributed by atoms with E-state index in [0.717, 1.165) is 31.4 Å². The molecule has 2 aromatic heterocycles. The van der Waals surface area contributed by atoms with Gasteiger partial charge in [-0.25, -0.2) is 14.5 Å². The number of carbonyl (C=O) groups is 1. The molecular weight excluding hydrogens is 272 g/mol. The van der Waals surface area contributed by atoms with Crippen LogP contribution < -0.4 is 5.73 Å². The van der Waals surface area contributed by atoms with Gasteiger partial charge in [-0.2, -0.15) is 5.10 Å². The van der Waals surface area contributed by atoms with Crippen LogP contribution in [0.2, 0.25) is 0 Å². The molecule has 2 aromatic rings. The minimum absolute atomic E-state index is 0.00540. The van der Waals surface area contributed by atoms with Gasteiger partial charge in [-0.05, 0) is 25.3 Å². The van der Waals surface area contributed by atoms with Crippen LogP contribution in [0.25, 0.3) is 11.1 Å². The van der Waals surface area contributed by atoms with Crippen LogP contribution in [0, 0.1) is 0 Å². The predicted octanol–water partition coefficient (Wildman–Crippen LogP) is 1.92. The quantitative estimate of drug-likeness (QED) is 0.894. The Bertz CT molecular complexity index is 662. The summed E-state index contributed by atoms with van der Waals surface area (Å²) < 4.78 is 7.43. The predicted molar refractivity (Wildman–Crippen MR) is 75.7 cm³/mol. The maximum absolute atomic E-state index is 11.1. The van der Waals surface area contributed by atoms with Gasteiger partial charge in [0.05, 0.1) is 6.20 Å². The topological polar surface area (TPSA) is 103 Å². The zero-order chi connectivity index (χ0) is 14.8. The number of aromatic carboxylic acids is 1. The van der Waals surface area contributed by atoms with Crippen LogP contribution in [0.4, 0.5) is 5.82 Å². The first-order chi connectivity index (χ1) is 10.1. The van der Waals surface area contributed by atoms with Crippen molar-refractivity contribution in [3.8, 4) is 11.1 Å². The van der Waals surface area contributed by atoms with E-state index in [9.17, 15) is 4.79 Å². The molecule has 1 atom stereocenters. The normalized spacial score (nSPS) is 18.6. The molecule has 3 N–H and O–H groups in total. The van der Waals surface area contributed by atoms with Crippen molar-refractivity contribution in [2.75, 3.05) is 12.3 Å². The lowest BCUT2D eigenvalue weighted by Crippen LogP contribution is -2.18. The van der Waals surface area contributed by atoms with E-state index in [2.05, 4.69) is 10.1 Å². The third kappa shape index (κ3) is 2.73. The molecule has 3 rings (SSSR count). The molecule has 7 heteroatoms. The fourth-order valence-corrected chi connectivity index (χ4v) is 2.38. The van der Waals surface area contributed by atoms with Gasteiger partial charge in [0.1, 0.15) is 17.6 Å². The van der Waals surface area contributed by atoms with E-state index in [1.54, 1.807) is 17.1 Å². The molecule has 7 nitrogen and oxygen atoms in total. The summed E-state index contributed by atoms with van der Waals surface area (Å²) in [5, 5.41) is 13.4. The molecule has 1 fully saturated rings. The number of ether oxygens (including phenoxy) is 1. The molecule has 0 bridgehead atoms. The zero-order valence-corrected chi connectivity index (χ0v) is 11.4. The lowest BCUT2D eigenvalue weighted by molar-refractivity contribution is -0.0394. The Morgan fingerprint density at radius 2 is 2.24 bits per heavy atom. The lowest BCUT2D eigenvalue weighted by atomic mass is 10.1. The molecule has 21 heavy (non-hydrogen) atoms. The Morgan fingerprint density at radius 1 is 1.38 bits per heavy atom. The number of hydrogen-bond donors (Lipinski definition) is 2. The molecular formula is C14H16N4O3.